The zero-order valence-electron chi connectivity index (χ0n) is 16.2. The molecule has 10 atom stereocenters. The first kappa shape index (κ1) is 24.6. The van der Waals surface area contributed by atoms with Crippen molar-refractivity contribution in [2.24, 2.45) is 0 Å². The van der Waals surface area contributed by atoms with Gasteiger partial charge in [-0.2, -0.15) is 0 Å². The highest BCUT2D eigenvalue weighted by molar-refractivity contribution is 4.94. The molecule has 0 radical (unpaired) electrons. The molecular weight excluding hydrogens is 392 g/mol. The van der Waals surface area contributed by atoms with Crippen molar-refractivity contribution < 1.29 is 54.7 Å². The van der Waals surface area contributed by atoms with Gasteiger partial charge in [-0.3, -0.25) is 0 Å². The maximum atomic E-state index is 10.4. The zero-order chi connectivity index (χ0) is 21.6. The first-order chi connectivity index (χ1) is 13.8. The lowest BCUT2D eigenvalue weighted by molar-refractivity contribution is -0.366. The minimum atomic E-state index is -1.70. The Morgan fingerprint density at radius 2 is 1.34 bits per heavy atom. The molecule has 0 aromatic heterocycles. The maximum absolute atomic E-state index is 10.4. The number of allylic oxidation sites excluding steroid dienone is 1. The third-order valence-electron chi connectivity index (χ3n) is 4.94. The van der Waals surface area contributed by atoms with E-state index < -0.39 is 74.6 Å². The number of hydrogen-bond acceptors (Lipinski definition) is 11. The van der Waals surface area contributed by atoms with E-state index in [1.54, 1.807) is 6.08 Å². The average Bonchev–Trinajstić information content (AvgIpc) is 2.72. The molecule has 0 unspecified atom stereocenters. The summed E-state index contributed by atoms with van der Waals surface area (Å²) in [6.45, 7) is 0.895. The van der Waals surface area contributed by atoms with Crippen LogP contribution < -0.4 is 0 Å². The third kappa shape index (κ3) is 5.93. The number of ether oxygens (including phenoxy) is 4. The highest BCUT2D eigenvalue weighted by atomic mass is 16.8. The van der Waals surface area contributed by atoms with Gasteiger partial charge in [0.2, 0.25) is 0 Å². The zero-order valence-corrected chi connectivity index (χ0v) is 16.2. The molecule has 0 amide bonds. The van der Waals surface area contributed by atoms with E-state index in [1.807, 2.05) is 13.0 Å². The molecule has 11 heteroatoms. The molecule has 0 bridgehead atoms. The highest BCUT2D eigenvalue weighted by Gasteiger charge is 2.50. The largest absolute Gasteiger partial charge is 0.394 e. The van der Waals surface area contributed by atoms with Crippen molar-refractivity contribution in [1.29, 1.82) is 0 Å². The van der Waals surface area contributed by atoms with Crippen molar-refractivity contribution >= 4 is 0 Å². The summed E-state index contributed by atoms with van der Waals surface area (Å²) in [4.78, 5) is 0. The summed E-state index contributed by atoms with van der Waals surface area (Å²) in [6, 6.07) is 0. The fourth-order valence-electron chi connectivity index (χ4n) is 3.17. The molecule has 0 spiro atoms. The lowest BCUT2D eigenvalue weighted by atomic mass is 9.97. The van der Waals surface area contributed by atoms with Gasteiger partial charge >= 0.3 is 0 Å². The molecule has 0 aliphatic carbocycles. The molecule has 170 valence electrons. The van der Waals surface area contributed by atoms with Crippen LogP contribution in [0.1, 0.15) is 19.8 Å². The molecule has 2 aliphatic heterocycles. The Hall–Kier alpha value is -0.700. The Labute approximate surface area is 168 Å². The summed E-state index contributed by atoms with van der Waals surface area (Å²) >= 11 is 0. The summed E-state index contributed by atoms with van der Waals surface area (Å²) in [5, 5.41) is 69.1. The van der Waals surface area contributed by atoms with E-state index in [-0.39, 0.29) is 6.61 Å². The molecule has 2 heterocycles. The second-order valence-corrected chi connectivity index (χ2v) is 7.10. The van der Waals surface area contributed by atoms with Crippen LogP contribution in [0.5, 0.6) is 0 Å². The van der Waals surface area contributed by atoms with Gasteiger partial charge in [-0.15, -0.1) is 0 Å². The normalized spacial score (nSPS) is 43.7. The quantitative estimate of drug-likeness (QED) is 0.187. The SMILES string of the molecule is CCC/C=C\CO[C@@H]1O[C@H](CO)[C@@H](O)[C@H](O)[C@H]1O[C@@H]1O[C@H](CO)[C@@H](O)[C@H](O)[C@H]1O. The number of aliphatic hydroxyl groups excluding tert-OH is 7. The first-order valence-corrected chi connectivity index (χ1v) is 9.70. The molecular formula is C18H32O11. The van der Waals surface area contributed by atoms with Crippen LogP contribution >= 0.6 is 0 Å². The van der Waals surface area contributed by atoms with E-state index >= 15 is 0 Å². The monoisotopic (exact) mass is 424 g/mol. The van der Waals surface area contributed by atoms with Crippen LogP contribution in [0.15, 0.2) is 12.2 Å². The van der Waals surface area contributed by atoms with E-state index in [4.69, 9.17) is 18.9 Å². The van der Waals surface area contributed by atoms with Crippen LogP contribution in [-0.4, -0.2) is 117 Å². The molecule has 29 heavy (non-hydrogen) atoms. The Morgan fingerprint density at radius 3 is 1.93 bits per heavy atom. The van der Waals surface area contributed by atoms with Crippen molar-refractivity contribution in [3.63, 3.8) is 0 Å². The van der Waals surface area contributed by atoms with E-state index in [9.17, 15) is 35.7 Å². The van der Waals surface area contributed by atoms with E-state index in [1.165, 1.54) is 0 Å². The number of aliphatic hydroxyl groups is 7. The van der Waals surface area contributed by atoms with Crippen molar-refractivity contribution in [2.75, 3.05) is 19.8 Å². The van der Waals surface area contributed by atoms with Crippen molar-refractivity contribution in [3.8, 4) is 0 Å². The predicted octanol–water partition coefficient (Wildman–Crippen LogP) is -3.02. The van der Waals surface area contributed by atoms with Gasteiger partial charge in [0.25, 0.3) is 0 Å². The van der Waals surface area contributed by atoms with Crippen LogP contribution in [0, 0.1) is 0 Å². The van der Waals surface area contributed by atoms with Gasteiger partial charge in [0.05, 0.1) is 19.8 Å². The Kier molecular flexibility index (Phi) is 9.85. The van der Waals surface area contributed by atoms with Crippen LogP contribution in [0.25, 0.3) is 0 Å². The van der Waals surface area contributed by atoms with Gasteiger partial charge in [-0.05, 0) is 6.42 Å². The second-order valence-electron chi connectivity index (χ2n) is 7.10. The smallest absolute Gasteiger partial charge is 0.187 e. The molecule has 2 fully saturated rings. The Balaban J connectivity index is 2.11. The predicted molar refractivity (Wildman–Crippen MR) is 96.4 cm³/mol. The molecule has 2 aliphatic rings. The number of unbranched alkanes of at least 4 members (excludes halogenated alkanes) is 1. The third-order valence-corrected chi connectivity index (χ3v) is 4.94. The topological polar surface area (TPSA) is 179 Å². The Morgan fingerprint density at radius 1 is 0.759 bits per heavy atom. The summed E-state index contributed by atoms with van der Waals surface area (Å²) in [7, 11) is 0. The lowest BCUT2D eigenvalue weighted by Gasteiger charge is -2.45. The first-order valence-electron chi connectivity index (χ1n) is 9.70. The van der Waals surface area contributed by atoms with Crippen molar-refractivity contribution in [1.82, 2.24) is 0 Å². The Bertz CT molecular complexity index is 502. The molecule has 11 nitrogen and oxygen atoms in total. The van der Waals surface area contributed by atoms with Gasteiger partial charge in [0, 0.05) is 0 Å². The summed E-state index contributed by atoms with van der Waals surface area (Å²) in [5.41, 5.74) is 0. The maximum Gasteiger partial charge on any atom is 0.187 e. The molecule has 7 N–H and O–H groups in total. The standard InChI is InChI=1S/C18H32O11/c1-2-3-4-5-6-26-18-16(14(24)12(22)10(8-20)28-18)29-17-15(25)13(23)11(21)9(7-19)27-17/h4-5,9-25H,2-3,6-8H2,1H3/b5-4-/t9-,10-,11-,12-,13+,14+,15-,16-,17+,18-/m1/s1. The van der Waals surface area contributed by atoms with Crippen LogP contribution in [0.3, 0.4) is 0 Å². The number of hydrogen-bond donors (Lipinski definition) is 7. The van der Waals surface area contributed by atoms with Gasteiger partial charge in [0.15, 0.2) is 12.6 Å². The van der Waals surface area contributed by atoms with E-state index in [2.05, 4.69) is 0 Å². The summed E-state index contributed by atoms with van der Waals surface area (Å²) < 4.78 is 21.8. The molecule has 0 aromatic carbocycles. The fraction of sp³-hybridized carbons (Fsp3) is 0.889. The summed E-state index contributed by atoms with van der Waals surface area (Å²) in [6.07, 6.45) is -9.03. The molecule has 0 aromatic rings. The minimum Gasteiger partial charge on any atom is -0.394 e. The molecule has 2 saturated heterocycles. The minimum absolute atomic E-state index is 0.0974. The lowest BCUT2D eigenvalue weighted by Crippen LogP contribution is -2.64. The van der Waals surface area contributed by atoms with Crippen molar-refractivity contribution in [2.45, 2.75) is 81.2 Å². The van der Waals surface area contributed by atoms with Gasteiger partial charge in [0.1, 0.15) is 48.8 Å². The van der Waals surface area contributed by atoms with Gasteiger partial charge in [-0.1, -0.05) is 25.5 Å². The molecule has 0 saturated carbocycles. The fourth-order valence-corrected chi connectivity index (χ4v) is 3.17. The van der Waals surface area contributed by atoms with E-state index in [0.29, 0.717) is 0 Å². The van der Waals surface area contributed by atoms with Gasteiger partial charge in [-0.25, -0.2) is 0 Å². The van der Waals surface area contributed by atoms with Crippen LogP contribution in [0.2, 0.25) is 0 Å². The summed E-state index contributed by atoms with van der Waals surface area (Å²) in [5.74, 6) is 0. The number of rotatable bonds is 9. The van der Waals surface area contributed by atoms with Crippen LogP contribution in [0.4, 0.5) is 0 Å². The molecule has 2 rings (SSSR count). The highest BCUT2D eigenvalue weighted by Crippen LogP contribution is 2.29. The van der Waals surface area contributed by atoms with Crippen LogP contribution in [-0.2, 0) is 18.9 Å². The second kappa shape index (κ2) is 11.6. The average molecular weight is 424 g/mol. The van der Waals surface area contributed by atoms with E-state index in [0.717, 1.165) is 12.8 Å². The van der Waals surface area contributed by atoms with Crippen molar-refractivity contribution in [3.05, 3.63) is 12.2 Å². The van der Waals surface area contributed by atoms with Gasteiger partial charge < -0.3 is 54.7 Å².